The Balaban J connectivity index is 2.79. The van der Waals surface area contributed by atoms with Gasteiger partial charge in [0.2, 0.25) is 0 Å². The maximum absolute atomic E-state index is 12.2. The highest BCUT2D eigenvalue weighted by Crippen LogP contribution is 2.23. The quantitative estimate of drug-likeness (QED) is 0.542. The van der Waals surface area contributed by atoms with Crippen molar-refractivity contribution in [1.82, 2.24) is 9.97 Å². The van der Waals surface area contributed by atoms with Gasteiger partial charge in [0.25, 0.3) is 0 Å². The molecule has 1 rings (SSSR count). The summed E-state index contributed by atoms with van der Waals surface area (Å²) in [5, 5.41) is 2.65. The zero-order valence-electron chi connectivity index (χ0n) is 10.6. The van der Waals surface area contributed by atoms with E-state index in [2.05, 4.69) is 20.7 Å². The van der Waals surface area contributed by atoms with E-state index >= 15 is 0 Å². The van der Waals surface area contributed by atoms with E-state index in [0.717, 1.165) is 0 Å². The number of hydrogen-bond acceptors (Lipinski definition) is 6. The maximum atomic E-state index is 12.2. The van der Waals surface area contributed by atoms with Crippen LogP contribution in [0.2, 0.25) is 0 Å². The molecule has 0 amide bonds. The lowest BCUT2D eigenvalue weighted by Crippen LogP contribution is -2.25. The fourth-order valence-electron chi connectivity index (χ4n) is 1.49. The van der Waals surface area contributed by atoms with Gasteiger partial charge in [-0.25, -0.2) is 15.8 Å². The van der Waals surface area contributed by atoms with Gasteiger partial charge in [-0.3, -0.25) is 0 Å². The van der Waals surface area contributed by atoms with Crippen LogP contribution in [0.4, 0.5) is 24.8 Å². The van der Waals surface area contributed by atoms with E-state index in [0.29, 0.717) is 11.6 Å². The van der Waals surface area contributed by atoms with E-state index in [1.807, 2.05) is 0 Å². The number of rotatable bonds is 6. The van der Waals surface area contributed by atoms with Gasteiger partial charge >= 0.3 is 6.18 Å². The Morgan fingerprint density at radius 1 is 1.37 bits per heavy atom. The Bertz CT molecular complexity index is 413. The molecule has 6 nitrogen and oxygen atoms in total. The van der Waals surface area contributed by atoms with Gasteiger partial charge in [0.05, 0.1) is 6.42 Å². The molecule has 19 heavy (non-hydrogen) atoms. The minimum absolute atomic E-state index is 0.137. The summed E-state index contributed by atoms with van der Waals surface area (Å²) in [5.41, 5.74) is 2.32. The van der Waals surface area contributed by atoms with E-state index in [-0.39, 0.29) is 12.4 Å². The fraction of sp³-hybridized carbons (Fsp3) is 0.600. The number of nitrogens with one attached hydrogen (secondary N) is 2. The summed E-state index contributed by atoms with van der Waals surface area (Å²) in [4.78, 5) is 8.02. The van der Waals surface area contributed by atoms with Gasteiger partial charge in [0, 0.05) is 19.2 Å². The molecule has 0 saturated heterocycles. The van der Waals surface area contributed by atoms with Gasteiger partial charge in [-0.15, -0.1) is 0 Å². The van der Waals surface area contributed by atoms with Crippen LogP contribution in [-0.4, -0.2) is 29.3 Å². The number of methoxy groups -OCH3 is 1. The van der Waals surface area contributed by atoms with Crippen molar-refractivity contribution in [2.45, 2.75) is 32.2 Å². The number of nitrogens with zero attached hydrogens (tertiary/aromatic N) is 2. The molecule has 0 aliphatic carbocycles. The van der Waals surface area contributed by atoms with Crippen molar-refractivity contribution >= 4 is 11.6 Å². The van der Waals surface area contributed by atoms with E-state index in [4.69, 9.17) is 10.6 Å². The van der Waals surface area contributed by atoms with Gasteiger partial charge in [-0.2, -0.15) is 13.2 Å². The van der Waals surface area contributed by atoms with E-state index in [1.165, 1.54) is 20.1 Å². The van der Waals surface area contributed by atoms with Crippen LogP contribution in [0.5, 0.6) is 0 Å². The molecule has 1 unspecified atom stereocenters. The molecule has 0 aliphatic rings. The Hall–Kier alpha value is -1.61. The molecule has 0 spiro atoms. The number of anilines is 2. The Morgan fingerprint density at radius 3 is 2.53 bits per heavy atom. The summed E-state index contributed by atoms with van der Waals surface area (Å²) in [6, 6.07) is 0.613. The van der Waals surface area contributed by atoms with Crippen molar-refractivity contribution in [3.05, 3.63) is 11.9 Å². The van der Waals surface area contributed by atoms with Gasteiger partial charge in [-0.1, -0.05) is 0 Å². The number of halogens is 3. The Kier molecular flexibility index (Phi) is 5.31. The highest BCUT2D eigenvalue weighted by Gasteiger charge is 2.30. The van der Waals surface area contributed by atoms with Crippen molar-refractivity contribution in [3.8, 4) is 0 Å². The second-order valence-corrected chi connectivity index (χ2v) is 4.00. The third-order valence-electron chi connectivity index (χ3n) is 2.13. The molecule has 0 aromatic carbocycles. The number of ether oxygens (including phenoxy) is 1. The van der Waals surface area contributed by atoms with Gasteiger partial charge < -0.3 is 15.5 Å². The summed E-state index contributed by atoms with van der Waals surface area (Å²) in [7, 11) is 1.46. The molecule has 1 aromatic rings. The number of hydrazine groups is 1. The molecule has 0 aliphatic heterocycles. The van der Waals surface area contributed by atoms with Crippen molar-refractivity contribution < 1.29 is 17.9 Å². The molecule has 1 heterocycles. The van der Waals surface area contributed by atoms with Crippen molar-refractivity contribution in [2.24, 2.45) is 5.84 Å². The summed E-state index contributed by atoms with van der Waals surface area (Å²) in [6.45, 7) is 1.55. The van der Waals surface area contributed by atoms with Crippen molar-refractivity contribution in [1.29, 1.82) is 0 Å². The average molecular weight is 279 g/mol. The van der Waals surface area contributed by atoms with Gasteiger partial charge in [0.1, 0.15) is 18.2 Å². The van der Waals surface area contributed by atoms with E-state index in [1.54, 1.807) is 0 Å². The van der Waals surface area contributed by atoms with Gasteiger partial charge in [0.15, 0.2) is 5.82 Å². The molecule has 4 N–H and O–H groups in total. The fourth-order valence-corrected chi connectivity index (χ4v) is 1.49. The molecule has 9 heteroatoms. The molecule has 0 bridgehead atoms. The summed E-state index contributed by atoms with van der Waals surface area (Å²) >= 11 is 0. The van der Waals surface area contributed by atoms with Crippen LogP contribution >= 0.6 is 0 Å². The zero-order chi connectivity index (χ0) is 14.5. The number of nitrogens with two attached hydrogens (primary N) is 1. The standard InChI is InChI=1S/C10H16F3N5O/c1-6(4-10(11,12)13)15-7-3-8(18-14)17-9(16-7)5-19-2/h3,6H,4-5,14H2,1-2H3,(H2,15,16,17,18). The minimum atomic E-state index is -4.23. The predicted molar refractivity (Wildman–Crippen MR) is 64.3 cm³/mol. The lowest BCUT2D eigenvalue weighted by molar-refractivity contribution is -0.136. The molecule has 108 valence electrons. The Labute approximate surface area is 108 Å². The molecule has 0 saturated carbocycles. The maximum Gasteiger partial charge on any atom is 0.391 e. The highest BCUT2D eigenvalue weighted by atomic mass is 19.4. The Morgan fingerprint density at radius 2 is 2.00 bits per heavy atom. The summed E-state index contributed by atoms with van der Waals surface area (Å²) < 4.78 is 41.6. The predicted octanol–water partition coefficient (Wildman–Crippen LogP) is 1.66. The number of aromatic nitrogens is 2. The van der Waals surface area contributed by atoms with Gasteiger partial charge in [-0.05, 0) is 6.92 Å². The van der Waals surface area contributed by atoms with Crippen LogP contribution in [0.25, 0.3) is 0 Å². The molecular formula is C10H16F3N5O. The SMILES string of the molecule is COCc1nc(NN)cc(NC(C)CC(F)(F)F)n1. The van der Waals surface area contributed by atoms with E-state index < -0.39 is 18.6 Å². The van der Waals surface area contributed by atoms with Crippen LogP contribution in [0.15, 0.2) is 6.07 Å². The second-order valence-electron chi connectivity index (χ2n) is 4.00. The molecule has 1 aromatic heterocycles. The third-order valence-corrected chi connectivity index (χ3v) is 2.13. The lowest BCUT2D eigenvalue weighted by atomic mass is 10.2. The van der Waals surface area contributed by atoms with Crippen LogP contribution < -0.4 is 16.6 Å². The second kappa shape index (κ2) is 6.53. The number of alkyl halides is 3. The monoisotopic (exact) mass is 279 g/mol. The number of nitrogen functional groups attached to an aromatic ring is 1. The summed E-state index contributed by atoms with van der Waals surface area (Å²) in [5.74, 6) is 6.10. The molecule has 1 atom stereocenters. The highest BCUT2D eigenvalue weighted by molar-refractivity contribution is 5.47. The molecule has 0 fully saturated rings. The lowest BCUT2D eigenvalue weighted by Gasteiger charge is -2.17. The molecular weight excluding hydrogens is 263 g/mol. The first kappa shape index (κ1) is 15.4. The smallest absolute Gasteiger partial charge is 0.377 e. The average Bonchev–Trinajstić information content (AvgIpc) is 2.26. The normalized spacial score (nSPS) is 13.2. The topological polar surface area (TPSA) is 85.1 Å². The summed E-state index contributed by atoms with van der Waals surface area (Å²) in [6.07, 6.45) is -5.19. The minimum Gasteiger partial charge on any atom is -0.377 e. The largest absolute Gasteiger partial charge is 0.391 e. The van der Waals surface area contributed by atoms with E-state index in [9.17, 15) is 13.2 Å². The van der Waals surface area contributed by atoms with Crippen molar-refractivity contribution in [3.63, 3.8) is 0 Å². The van der Waals surface area contributed by atoms with Crippen LogP contribution in [-0.2, 0) is 11.3 Å². The van der Waals surface area contributed by atoms with Crippen LogP contribution in [0, 0.1) is 0 Å². The third kappa shape index (κ3) is 5.71. The zero-order valence-corrected chi connectivity index (χ0v) is 10.6. The first-order valence-corrected chi connectivity index (χ1v) is 5.51. The first-order chi connectivity index (χ1) is 8.84. The number of hydrogen-bond donors (Lipinski definition) is 3. The molecule has 0 radical (unpaired) electrons. The van der Waals surface area contributed by atoms with Crippen LogP contribution in [0.3, 0.4) is 0 Å². The van der Waals surface area contributed by atoms with Crippen LogP contribution in [0.1, 0.15) is 19.2 Å². The van der Waals surface area contributed by atoms with Crippen molar-refractivity contribution in [2.75, 3.05) is 17.9 Å². The first-order valence-electron chi connectivity index (χ1n) is 5.51.